The second kappa shape index (κ2) is 5.74. The maximum Gasteiger partial charge on any atom is 0.158 e. The standard InChI is InChI=1S/C14H24N4O/c1-5-15-11-9-13(17-12(16-11)10-19-4)18-8-6-7-14(18,2)3/h9H,5-8,10H2,1-4H3,(H,15,16,17). The number of anilines is 2. The van der Waals surface area contributed by atoms with Crippen LogP contribution in [0.4, 0.5) is 11.6 Å². The van der Waals surface area contributed by atoms with Gasteiger partial charge in [0.15, 0.2) is 5.82 Å². The minimum absolute atomic E-state index is 0.169. The molecule has 0 atom stereocenters. The van der Waals surface area contributed by atoms with E-state index in [0.29, 0.717) is 6.61 Å². The van der Waals surface area contributed by atoms with Crippen LogP contribution in [-0.4, -0.2) is 35.7 Å². The van der Waals surface area contributed by atoms with Crippen molar-refractivity contribution >= 4 is 11.6 Å². The van der Waals surface area contributed by atoms with Crippen molar-refractivity contribution in [1.29, 1.82) is 0 Å². The van der Waals surface area contributed by atoms with Crippen LogP contribution in [-0.2, 0) is 11.3 Å². The molecule has 5 heteroatoms. The third-order valence-electron chi connectivity index (χ3n) is 3.57. The summed E-state index contributed by atoms with van der Waals surface area (Å²) in [6.45, 7) is 8.96. The SMILES string of the molecule is CCNc1cc(N2CCCC2(C)C)nc(COC)n1. The molecule has 0 saturated carbocycles. The first-order valence-corrected chi connectivity index (χ1v) is 6.95. The zero-order valence-corrected chi connectivity index (χ0v) is 12.4. The maximum absolute atomic E-state index is 5.16. The van der Waals surface area contributed by atoms with E-state index in [9.17, 15) is 0 Å². The Balaban J connectivity index is 2.32. The van der Waals surface area contributed by atoms with Crippen molar-refractivity contribution in [3.05, 3.63) is 11.9 Å². The lowest BCUT2D eigenvalue weighted by Gasteiger charge is -2.33. The molecule has 1 aliphatic rings. The summed E-state index contributed by atoms with van der Waals surface area (Å²) in [7, 11) is 1.67. The third kappa shape index (κ3) is 3.15. The van der Waals surface area contributed by atoms with E-state index < -0.39 is 0 Å². The van der Waals surface area contributed by atoms with Crippen molar-refractivity contribution in [2.75, 3.05) is 30.4 Å². The molecule has 1 fully saturated rings. The van der Waals surface area contributed by atoms with Crippen LogP contribution in [0.3, 0.4) is 0 Å². The summed E-state index contributed by atoms with van der Waals surface area (Å²) >= 11 is 0. The molecular weight excluding hydrogens is 240 g/mol. The van der Waals surface area contributed by atoms with Gasteiger partial charge in [-0.25, -0.2) is 9.97 Å². The first-order chi connectivity index (χ1) is 9.06. The van der Waals surface area contributed by atoms with Gasteiger partial charge in [-0.15, -0.1) is 0 Å². The molecule has 2 heterocycles. The monoisotopic (exact) mass is 264 g/mol. The minimum Gasteiger partial charge on any atom is -0.377 e. The Morgan fingerprint density at radius 1 is 1.42 bits per heavy atom. The van der Waals surface area contributed by atoms with E-state index in [2.05, 4.69) is 41.0 Å². The number of hydrogen-bond donors (Lipinski definition) is 1. The summed E-state index contributed by atoms with van der Waals surface area (Å²) in [5.41, 5.74) is 0.169. The summed E-state index contributed by atoms with van der Waals surface area (Å²) in [5, 5.41) is 3.26. The molecule has 1 N–H and O–H groups in total. The molecule has 1 aromatic rings. The lowest BCUT2D eigenvalue weighted by molar-refractivity contribution is 0.178. The average molecular weight is 264 g/mol. The smallest absolute Gasteiger partial charge is 0.158 e. The summed E-state index contributed by atoms with van der Waals surface area (Å²) in [5.74, 6) is 2.61. The molecule has 0 aromatic carbocycles. The van der Waals surface area contributed by atoms with Gasteiger partial charge in [-0.05, 0) is 33.6 Å². The highest BCUT2D eigenvalue weighted by atomic mass is 16.5. The highest BCUT2D eigenvalue weighted by Gasteiger charge is 2.33. The van der Waals surface area contributed by atoms with Crippen LogP contribution in [0, 0.1) is 0 Å². The summed E-state index contributed by atoms with van der Waals surface area (Å²) in [4.78, 5) is 11.5. The van der Waals surface area contributed by atoms with E-state index in [1.807, 2.05) is 6.07 Å². The van der Waals surface area contributed by atoms with Gasteiger partial charge in [-0.1, -0.05) is 0 Å². The van der Waals surface area contributed by atoms with E-state index in [-0.39, 0.29) is 5.54 Å². The topological polar surface area (TPSA) is 50.3 Å². The van der Waals surface area contributed by atoms with Gasteiger partial charge in [-0.3, -0.25) is 0 Å². The molecule has 5 nitrogen and oxygen atoms in total. The van der Waals surface area contributed by atoms with E-state index in [1.165, 1.54) is 12.8 Å². The lowest BCUT2D eigenvalue weighted by Crippen LogP contribution is -2.39. The fourth-order valence-electron chi connectivity index (χ4n) is 2.62. The number of rotatable bonds is 5. The molecule has 0 unspecified atom stereocenters. The Bertz CT molecular complexity index is 409. The fourth-order valence-corrected chi connectivity index (χ4v) is 2.62. The summed E-state index contributed by atoms with van der Waals surface area (Å²) in [6, 6.07) is 2.04. The second-order valence-electron chi connectivity index (χ2n) is 5.56. The molecule has 1 saturated heterocycles. The number of hydrogen-bond acceptors (Lipinski definition) is 5. The lowest BCUT2D eigenvalue weighted by atomic mass is 10.0. The molecule has 0 aliphatic carbocycles. The fraction of sp³-hybridized carbons (Fsp3) is 0.714. The molecular formula is C14H24N4O. The summed E-state index contributed by atoms with van der Waals surface area (Å²) < 4.78 is 5.16. The number of ether oxygens (including phenoxy) is 1. The van der Waals surface area contributed by atoms with Crippen LogP contribution in [0.2, 0.25) is 0 Å². The first kappa shape index (κ1) is 14.1. The Labute approximate surface area is 115 Å². The van der Waals surface area contributed by atoms with Gasteiger partial charge in [0, 0.05) is 31.8 Å². The van der Waals surface area contributed by atoms with Crippen molar-refractivity contribution in [2.24, 2.45) is 0 Å². The molecule has 0 amide bonds. The van der Waals surface area contributed by atoms with Gasteiger partial charge in [0.25, 0.3) is 0 Å². The van der Waals surface area contributed by atoms with E-state index in [0.717, 1.165) is 30.5 Å². The Morgan fingerprint density at radius 2 is 2.21 bits per heavy atom. The zero-order valence-electron chi connectivity index (χ0n) is 12.4. The normalized spacial score (nSPS) is 17.8. The molecule has 0 bridgehead atoms. The van der Waals surface area contributed by atoms with Crippen molar-refractivity contribution in [3.63, 3.8) is 0 Å². The molecule has 1 aliphatic heterocycles. The molecule has 2 rings (SSSR count). The molecule has 0 radical (unpaired) electrons. The molecule has 106 valence electrons. The third-order valence-corrected chi connectivity index (χ3v) is 3.57. The number of nitrogens with zero attached hydrogens (tertiary/aromatic N) is 3. The van der Waals surface area contributed by atoms with Gasteiger partial charge in [0.05, 0.1) is 0 Å². The van der Waals surface area contributed by atoms with E-state index in [1.54, 1.807) is 7.11 Å². The van der Waals surface area contributed by atoms with Crippen LogP contribution in [0.15, 0.2) is 6.07 Å². The quantitative estimate of drug-likeness (QED) is 0.885. The zero-order chi connectivity index (χ0) is 13.9. The number of methoxy groups -OCH3 is 1. The molecule has 1 aromatic heterocycles. The van der Waals surface area contributed by atoms with Crippen molar-refractivity contribution in [3.8, 4) is 0 Å². The van der Waals surface area contributed by atoms with Crippen LogP contribution in [0.5, 0.6) is 0 Å². The number of aromatic nitrogens is 2. The van der Waals surface area contributed by atoms with Crippen LogP contribution in [0.25, 0.3) is 0 Å². The minimum atomic E-state index is 0.169. The van der Waals surface area contributed by atoms with Crippen molar-refractivity contribution in [1.82, 2.24) is 9.97 Å². The van der Waals surface area contributed by atoms with Gasteiger partial charge in [0.2, 0.25) is 0 Å². The summed E-state index contributed by atoms with van der Waals surface area (Å²) in [6.07, 6.45) is 2.42. The van der Waals surface area contributed by atoms with Crippen LogP contribution in [0.1, 0.15) is 39.4 Å². The van der Waals surface area contributed by atoms with Gasteiger partial charge < -0.3 is 15.0 Å². The predicted molar refractivity (Wildman–Crippen MR) is 77.6 cm³/mol. The maximum atomic E-state index is 5.16. The highest BCUT2D eigenvalue weighted by Crippen LogP contribution is 2.33. The predicted octanol–water partition coefficient (Wildman–Crippen LogP) is 2.43. The van der Waals surface area contributed by atoms with Gasteiger partial charge >= 0.3 is 0 Å². The van der Waals surface area contributed by atoms with Crippen LogP contribution < -0.4 is 10.2 Å². The van der Waals surface area contributed by atoms with E-state index in [4.69, 9.17) is 4.74 Å². The Hall–Kier alpha value is -1.36. The van der Waals surface area contributed by atoms with Gasteiger partial charge in [0.1, 0.15) is 18.2 Å². The first-order valence-electron chi connectivity index (χ1n) is 6.95. The molecule has 19 heavy (non-hydrogen) atoms. The van der Waals surface area contributed by atoms with Crippen molar-refractivity contribution < 1.29 is 4.74 Å². The van der Waals surface area contributed by atoms with Crippen molar-refractivity contribution in [2.45, 2.75) is 45.8 Å². The van der Waals surface area contributed by atoms with Gasteiger partial charge in [-0.2, -0.15) is 0 Å². The van der Waals surface area contributed by atoms with Crippen LogP contribution >= 0.6 is 0 Å². The highest BCUT2D eigenvalue weighted by molar-refractivity contribution is 5.51. The average Bonchev–Trinajstić information content (AvgIpc) is 2.69. The molecule has 0 spiro atoms. The van der Waals surface area contributed by atoms with E-state index >= 15 is 0 Å². The number of nitrogens with one attached hydrogen (secondary N) is 1. The largest absolute Gasteiger partial charge is 0.377 e. The Kier molecular flexibility index (Phi) is 4.24. The second-order valence-corrected chi connectivity index (χ2v) is 5.56. The Morgan fingerprint density at radius 3 is 2.79 bits per heavy atom.